The first-order chi connectivity index (χ1) is 9.60. The largest absolute Gasteiger partial charge is 0.468 e. The first-order valence-corrected chi connectivity index (χ1v) is 6.09. The molecule has 1 aliphatic heterocycles. The van der Waals surface area contributed by atoms with E-state index in [9.17, 15) is 10.1 Å². The Bertz CT molecular complexity index is 620. The number of nitrogens with zero attached hydrogens (tertiary/aromatic N) is 1. The van der Waals surface area contributed by atoms with E-state index >= 15 is 0 Å². The average molecular weight is 274 g/mol. The van der Waals surface area contributed by atoms with Gasteiger partial charge in [-0.15, -0.1) is 0 Å². The lowest BCUT2D eigenvalue weighted by Gasteiger charge is -2.25. The Hall–Kier alpha value is -2.68. The molecule has 6 heteroatoms. The number of allylic oxidation sites excluding steroid dienone is 2. The summed E-state index contributed by atoms with van der Waals surface area (Å²) in [5.74, 6) is -0.537. The van der Waals surface area contributed by atoms with Crippen LogP contribution in [-0.2, 0) is 14.3 Å². The van der Waals surface area contributed by atoms with Gasteiger partial charge < -0.3 is 19.6 Å². The number of esters is 1. The van der Waals surface area contributed by atoms with Gasteiger partial charge in [0.05, 0.1) is 24.4 Å². The van der Waals surface area contributed by atoms with Crippen molar-refractivity contribution in [2.45, 2.75) is 19.8 Å². The van der Waals surface area contributed by atoms with Crippen molar-refractivity contribution in [1.29, 1.82) is 5.26 Å². The van der Waals surface area contributed by atoms with Crippen LogP contribution in [0.1, 0.15) is 25.5 Å². The minimum atomic E-state index is -0.706. The molecular weight excluding hydrogens is 260 g/mol. The van der Waals surface area contributed by atoms with E-state index in [-0.39, 0.29) is 23.6 Å². The fourth-order valence-corrected chi connectivity index (χ4v) is 2.09. The summed E-state index contributed by atoms with van der Waals surface area (Å²) in [5.41, 5.74) is 6.08. The quantitative estimate of drug-likeness (QED) is 0.845. The van der Waals surface area contributed by atoms with Crippen molar-refractivity contribution < 1.29 is 18.7 Å². The SMILES string of the molecule is CCOC(=O)C1=C(C)OC(N)=C(C#N)C1c1ccco1. The molecule has 0 fully saturated rings. The molecule has 6 nitrogen and oxygen atoms in total. The van der Waals surface area contributed by atoms with Gasteiger partial charge in [-0.25, -0.2) is 4.79 Å². The second-order valence-electron chi connectivity index (χ2n) is 4.13. The van der Waals surface area contributed by atoms with Crippen LogP contribution >= 0.6 is 0 Å². The van der Waals surface area contributed by atoms with Crippen molar-refractivity contribution in [3.63, 3.8) is 0 Å². The molecule has 1 aliphatic rings. The van der Waals surface area contributed by atoms with Gasteiger partial charge in [0.2, 0.25) is 5.88 Å². The predicted octanol–water partition coefficient (Wildman–Crippen LogP) is 1.92. The van der Waals surface area contributed by atoms with Gasteiger partial charge >= 0.3 is 5.97 Å². The summed E-state index contributed by atoms with van der Waals surface area (Å²) in [7, 11) is 0. The molecule has 104 valence electrons. The minimum absolute atomic E-state index is 0.0283. The number of ether oxygens (including phenoxy) is 2. The summed E-state index contributed by atoms with van der Waals surface area (Å²) < 4.78 is 15.6. The minimum Gasteiger partial charge on any atom is -0.468 e. The summed E-state index contributed by atoms with van der Waals surface area (Å²) in [6, 6.07) is 5.32. The Morgan fingerprint density at radius 3 is 2.90 bits per heavy atom. The van der Waals surface area contributed by atoms with Crippen molar-refractivity contribution in [3.05, 3.63) is 46.9 Å². The van der Waals surface area contributed by atoms with Crippen LogP contribution in [0.25, 0.3) is 0 Å². The summed E-state index contributed by atoms with van der Waals surface area (Å²) in [6.45, 7) is 3.53. The summed E-state index contributed by atoms with van der Waals surface area (Å²) in [4.78, 5) is 12.1. The second-order valence-corrected chi connectivity index (χ2v) is 4.13. The number of furan rings is 1. The summed E-state index contributed by atoms with van der Waals surface area (Å²) in [5, 5.41) is 9.26. The van der Waals surface area contributed by atoms with Gasteiger partial charge in [0.15, 0.2) is 0 Å². The molecule has 0 aliphatic carbocycles. The maximum Gasteiger partial charge on any atom is 0.338 e. The standard InChI is InChI=1S/C14H14N2O4/c1-3-18-14(17)11-8(2)20-13(16)9(7-15)12(11)10-5-4-6-19-10/h4-6,12H,3,16H2,1-2H3. The van der Waals surface area contributed by atoms with E-state index in [1.54, 1.807) is 26.0 Å². The molecule has 2 N–H and O–H groups in total. The van der Waals surface area contributed by atoms with Gasteiger partial charge in [-0.05, 0) is 26.0 Å². The molecule has 0 bridgehead atoms. The molecule has 2 heterocycles. The van der Waals surface area contributed by atoms with Crippen LogP contribution in [0.2, 0.25) is 0 Å². The third-order valence-electron chi connectivity index (χ3n) is 2.93. The van der Waals surface area contributed by atoms with Crippen molar-refractivity contribution in [2.75, 3.05) is 6.61 Å². The van der Waals surface area contributed by atoms with E-state index in [1.165, 1.54) is 6.26 Å². The number of nitriles is 1. The predicted molar refractivity (Wildman–Crippen MR) is 68.7 cm³/mol. The number of carbonyl (C=O) groups excluding carboxylic acids is 1. The fourth-order valence-electron chi connectivity index (χ4n) is 2.09. The molecule has 0 spiro atoms. The molecule has 1 unspecified atom stereocenters. The molecule has 1 aromatic rings. The van der Waals surface area contributed by atoms with Crippen LogP contribution in [0, 0.1) is 11.3 Å². The Kier molecular flexibility index (Phi) is 3.80. The zero-order chi connectivity index (χ0) is 14.7. The van der Waals surface area contributed by atoms with Crippen molar-refractivity contribution in [1.82, 2.24) is 0 Å². The lowest BCUT2D eigenvalue weighted by Crippen LogP contribution is -2.25. The molecule has 1 atom stereocenters. The molecule has 0 saturated heterocycles. The van der Waals surface area contributed by atoms with Crippen LogP contribution in [0.4, 0.5) is 0 Å². The molecule has 0 saturated carbocycles. The molecular formula is C14H14N2O4. The monoisotopic (exact) mass is 274 g/mol. The van der Waals surface area contributed by atoms with E-state index in [0.717, 1.165) is 0 Å². The molecule has 0 radical (unpaired) electrons. The maximum atomic E-state index is 12.1. The van der Waals surface area contributed by atoms with Crippen LogP contribution in [0.3, 0.4) is 0 Å². The molecule has 1 aromatic heterocycles. The first-order valence-electron chi connectivity index (χ1n) is 6.09. The van der Waals surface area contributed by atoms with E-state index in [4.69, 9.17) is 19.6 Å². The fraction of sp³-hybridized carbons (Fsp3) is 0.286. The first kappa shape index (κ1) is 13.7. The van der Waals surface area contributed by atoms with Crippen LogP contribution < -0.4 is 5.73 Å². The second kappa shape index (κ2) is 5.53. The van der Waals surface area contributed by atoms with Crippen LogP contribution in [-0.4, -0.2) is 12.6 Å². The Morgan fingerprint density at radius 1 is 1.60 bits per heavy atom. The van der Waals surface area contributed by atoms with Gasteiger partial charge in [-0.1, -0.05) is 0 Å². The zero-order valence-corrected chi connectivity index (χ0v) is 11.2. The number of nitrogens with two attached hydrogens (primary N) is 1. The normalized spacial score (nSPS) is 18.6. The molecule has 2 rings (SSSR count). The Labute approximate surface area is 116 Å². The van der Waals surface area contributed by atoms with E-state index in [0.29, 0.717) is 11.5 Å². The van der Waals surface area contributed by atoms with Gasteiger partial charge in [-0.2, -0.15) is 5.26 Å². The highest BCUT2D eigenvalue weighted by molar-refractivity contribution is 5.92. The zero-order valence-electron chi connectivity index (χ0n) is 11.2. The number of hydrogen-bond donors (Lipinski definition) is 1. The van der Waals surface area contributed by atoms with Crippen molar-refractivity contribution in [2.24, 2.45) is 5.73 Å². The van der Waals surface area contributed by atoms with Gasteiger partial charge in [-0.3, -0.25) is 0 Å². The number of rotatable bonds is 3. The summed E-state index contributed by atoms with van der Waals surface area (Å²) in [6.07, 6.45) is 1.47. The average Bonchev–Trinajstić information content (AvgIpc) is 2.91. The lowest BCUT2D eigenvalue weighted by molar-refractivity contribution is -0.139. The highest BCUT2D eigenvalue weighted by atomic mass is 16.5. The topological polar surface area (TPSA) is 98.5 Å². The van der Waals surface area contributed by atoms with Gasteiger partial charge in [0.1, 0.15) is 23.2 Å². The highest BCUT2D eigenvalue weighted by Crippen LogP contribution is 2.39. The summed E-state index contributed by atoms with van der Waals surface area (Å²) >= 11 is 0. The van der Waals surface area contributed by atoms with E-state index < -0.39 is 11.9 Å². The molecule has 0 amide bonds. The lowest BCUT2D eigenvalue weighted by atomic mass is 9.87. The Morgan fingerprint density at radius 2 is 2.35 bits per heavy atom. The third-order valence-corrected chi connectivity index (χ3v) is 2.93. The smallest absolute Gasteiger partial charge is 0.338 e. The molecule has 20 heavy (non-hydrogen) atoms. The number of carbonyl (C=O) groups is 1. The van der Waals surface area contributed by atoms with Gasteiger partial charge in [0, 0.05) is 0 Å². The van der Waals surface area contributed by atoms with Crippen LogP contribution in [0.5, 0.6) is 0 Å². The van der Waals surface area contributed by atoms with E-state index in [2.05, 4.69) is 0 Å². The Balaban J connectivity index is 2.55. The van der Waals surface area contributed by atoms with Crippen molar-refractivity contribution >= 4 is 5.97 Å². The third kappa shape index (κ3) is 2.26. The maximum absolute atomic E-state index is 12.1. The van der Waals surface area contributed by atoms with Gasteiger partial charge in [0.25, 0.3) is 0 Å². The van der Waals surface area contributed by atoms with Crippen molar-refractivity contribution in [3.8, 4) is 6.07 Å². The molecule has 0 aromatic carbocycles. The number of hydrogen-bond acceptors (Lipinski definition) is 6. The highest BCUT2D eigenvalue weighted by Gasteiger charge is 2.37. The van der Waals surface area contributed by atoms with E-state index in [1.807, 2.05) is 6.07 Å². The van der Waals surface area contributed by atoms with Crippen LogP contribution in [0.15, 0.2) is 45.6 Å².